The van der Waals surface area contributed by atoms with E-state index in [9.17, 15) is 14.9 Å². The molecule has 0 atom stereocenters. The number of nitrogens with one attached hydrogen (secondary N) is 1. The summed E-state index contributed by atoms with van der Waals surface area (Å²) in [5, 5.41) is 14.9. The average Bonchev–Trinajstić information content (AvgIpc) is 2.46. The minimum Gasteiger partial charge on any atom is -0.375 e. The van der Waals surface area contributed by atoms with E-state index < -0.39 is 4.92 Å². The highest BCUT2D eigenvalue weighted by atomic mass is 35.5. The maximum absolute atomic E-state index is 11.0. The minimum atomic E-state index is -0.543. The SMILES string of the molecule is O=Cc1ccc(NCc2ccc(Cl)cc2Cl)c([N+](=O)[O-])c1. The van der Waals surface area contributed by atoms with Crippen LogP contribution in [0.1, 0.15) is 15.9 Å². The molecule has 0 spiro atoms. The van der Waals surface area contributed by atoms with E-state index in [4.69, 9.17) is 23.2 Å². The standard InChI is InChI=1S/C14H10Cl2N2O3/c15-11-3-2-10(12(16)6-11)7-17-13-4-1-9(8-19)5-14(13)18(20)21/h1-6,8,17H,7H2. The molecule has 21 heavy (non-hydrogen) atoms. The number of carbonyl (C=O) groups excluding carboxylic acids is 1. The van der Waals surface area contributed by atoms with Crippen molar-refractivity contribution in [2.75, 3.05) is 5.32 Å². The molecule has 0 aromatic heterocycles. The van der Waals surface area contributed by atoms with Gasteiger partial charge in [-0.2, -0.15) is 0 Å². The summed E-state index contributed by atoms with van der Waals surface area (Å²) in [5.41, 5.74) is 1.16. The number of halogens is 2. The van der Waals surface area contributed by atoms with Gasteiger partial charge in [0.1, 0.15) is 12.0 Å². The van der Waals surface area contributed by atoms with Gasteiger partial charge in [-0.05, 0) is 29.8 Å². The summed E-state index contributed by atoms with van der Waals surface area (Å²) >= 11 is 11.8. The van der Waals surface area contributed by atoms with Crippen molar-refractivity contribution in [1.82, 2.24) is 0 Å². The fourth-order valence-corrected chi connectivity index (χ4v) is 2.25. The zero-order valence-corrected chi connectivity index (χ0v) is 12.2. The average molecular weight is 325 g/mol. The van der Waals surface area contributed by atoms with Gasteiger partial charge in [0.25, 0.3) is 5.69 Å². The predicted octanol–water partition coefficient (Wildman–Crippen LogP) is 4.33. The quantitative estimate of drug-likeness (QED) is 0.505. The van der Waals surface area contributed by atoms with E-state index in [1.165, 1.54) is 18.2 Å². The minimum absolute atomic E-state index is 0.162. The van der Waals surface area contributed by atoms with Crippen molar-refractivity contribution < 1.29 is 9.72 Å². The number of aldehydes is 1. The van der Waals surface area contributed by atoms with E-state index in [1.807, 2.05) is 0 Å². The predicted molar refractivity (Wildman–Crippen MR) is 82.3 cm³/mol. The van der Waals surface area contributed by atoms with Gasteiger partial charge in [-0.15, -0.1) is 0 Å². The first kappa shape index (κ1) is 15.3. The molecule has 108 valence electrons. The molecule has 0 amide bonds. The Hall–Kier alpha value is -2.11. The van der Waals surface area contributed by atoms with Crippen LogP contribution < -0.4 is 5.32 Å². The van der Waals surface area contributed by atoms with Crippen molar-refractivity contribution in [3.05, 3.63) is 67.7 Å². The zero-order chi connectivity index (χ0) is 15.4. The fourth-order valence-electron chi connectivity index (χ4n) is 1.78. The third kappa shape index (κ3) is 3.71. The molecule has 0 radical (unpaired) electrons. The summed E-state index contributed by atoms with van der Waals surface area (Å²) in [6.07, 6.45) is 0.562. The van der Waals surface area contributed by atoms with Crippen molar-refractivity contribution >= 4 is 40.9 Å². The van der Waals surface area contributed by atoms with Gasteiger partial charge >= 0.3 is 0 Å². The summed E-state index contributed by atoms with van der Waals surface area (Å²) in [5.74, 6) is 0. The number of rotatable bonds is 5. The Morgan fingerprint density at radius 3 is 2.57 bits per heavy atom. The van der Waals surface area contributed by atoms with Crippen LogP contribution in [0.4, 0.5) is 11.4 Å². The molecule has 0 saturated heterocycles. The highest BCUT2D eigenvalue weighted by molar-refractivity contribution is 6.35. The van der Waals surface area contributed by atoms with Crippen molar-refractivity contribution in [3.8, 4) is 0 Å². The third-order valence-electron chi connectivity index (χ3n) is 2.84. The van der Waals surface area contributed by atoms with E-state index in [0.717, 1.165) is 5.56 Å². The highest BCUT2D eigenvalue weighted by Crippen LogP contribution is 2.27. The zero-order valence-electron chi connectivity index (χ0n) is 10.7. The fraction of sp³-hybridized carbons (Fsp3) is 0.0714. The molecule has 0 aliphatic rings. The van der Waals surface area contributed by atoms with Crippen LogP contribution in [0.25, 0.3) is 0 Å². The Bertz CT molecular complexity index is 705. The maximum atomic E-state index is 11.0. The van der Waals surface area contributed by atoms with Crippen LogP contribution in [0.15, 0.2) is 36.4 Å². The van der Waals surface area contributed by atoms with Gasteiger partial charge in [-0.25, -0.2) is 0 Å². The lowest BCUT2D eigenvalue weighted by atomic mass is 10.1. The number of hydrogen-bond donors (Lipinski definition) is 1. The van der Waals surface area contributed by atoms with Crippen LogP contribution in [0.2, 0.25) is 10.0 Å². The maximum Gasteiger partial charge on any atom is 0.293 e. The van der Waals surface area contributed by atoms with Crippen molar-refractivity contribution in [2.24, 2.45) is 0 Å². The van der Waals surface area contributed by atoms with E-state index in [0.29, 0.717) is 28.6 Å². The van der Waals surface area contributed by atoms with Crippen LogP contribution in [0, 0.1) is 10.1 Å². The molecule has 0 aliphatic carbocycles. The molecule has 0 heterocycles. The molecule has 2 aromatic rings. The second-order valence-electron chi connectivity index (χ2n) is 4.24. The van der Waals surface area contributed by atoms with Gasteiger partial charge in [0.15, 0.2) is 0 Å². The first-order chi connectivity index (χ1) is 10.0. The monoisotopic (exact) mass is 324 g/mol. The molecule has 0 aliphatic heterocycles. The normalized spacial score (nSPS) is 10.2. The Labute approximate surface area is 130 Å². The molecule has 0 unspecified atom stereocenters. The highest BCUT2D eigenvalue weighted by Gasteiger charge is 2.14. The molecular weight excluding hydrogens is 315 g/mol. The first-order valence-corrected chi connectivity index (χ1v) is 6.68. The molecule has 5 nitrogen and oxygen atoms in total. The summed E-state index contributed by atoms with van der Waals surface area (Å²) in [4.78, 5) is 21.2. The first-order valence-electron chi connectivity index (χ1n) is 5.92. The van der Waals surface area contributed by atoms with Crippen LogP contribution in [0.5, 0.6) is 0 Å². The molecule has 7 heteroatoms. The largest absolute Gasteiger partial charge is 0.375 e. The molecule has 2 aromatic carbocycles. The summed E-state index contributed by atoms with van der Waals surface area (Å²) in [6.45, 7) is 0.303. The van der Waals surface area contributed by atoms with Gasteiger partial charge in [0.2, 0.25) is 0 Å². The number of nitrogens with zero attached hydrogens (tertiary/aromatic N) is 1. The Kier molecular flexibility index (Phi) is 4.77. The van der Waals surface area contributed by atoms with Crippen molar-refractivity contribution in [1.29, 1.82) is 0 Å². The lowest BCUT2D eigenvalue weighted by Gasteiger charge is -2.09. The van der Waals surface area contributed by atoms with E-state index in [1.54, 1.807) is 18.2 Å². The summed E-state index contributed by atoms with van der Waals surface area (Å²) < 4.78 is 0. The Morgan fingerprint density at radius 2 is 1.95 bits per heavy atom. The van der Waals surface area contributed by atoms with Crippen LogP contribution >= 0.6 is 23.2 Å². The van der Waals surface area contributed by atoms with E-state index in [2.05, 4.69) is 5.32 Å². The lowest BCUT2D eigenvalue weighted by molar-refractivity contribution is -0.384. The number of nitro benzene ring substituents is 1. The number of hydrogen-bond acceptors (Lipinski definition) is 4. The van der Waals surface area contributed by atoms with Crippen LogP contribution in [-0.2, 0) is 6.54 Å². The Balaban J connectivity index is 2.23. The molecular formula is C14H10Cl2N2O3. The van der Waals surface area contributed by atoms with Gasteiger partial charge in [-0.3, -0.25) is 14.9 Å². The van der Waals surface area contributed by atoms with Gasteiger partial charge < -0.3 is 5.32 Å². The molecule has 1 N–H and O–H groups in total. The van der Waals surface area contributed by atoms with Crippen LogP contribution in [-0.4, -0.2) is 11.2 Å². The smallest absolute Gasteiger partial charge is 0.293 e. The summed E-state index contributed by atoms with van der Waals surface area (Å²) in [7, 11) is 0. The number of carbonyl (C=O) groups is 1. The second-order valence-corrected chi connectivity index (χ2v) is 5.08. The third-order valence-corrected chi connectivity index (χ3v) is 3.43. The Morgan fingerprint density at radius 1 is 1.19 bits per heavy atom. The number of benzene rings is 2. The van der Waals surface area contributed by atoms with E-state index in [-0.39, 0.29) is 11.3 Å². The second kappa shape index (κ2) is 6.56. The van der Waals surface area contributed by atoms with E-state index >= 15 is 0 Å². The number of nitro groups is 1. The molecule has 0 saturated carbocycles. The molecule has 0 fully saturated rings. The summed E-state index contributed by atoms with van der Waals surface area (Å²) in [6, 6.07) is 9.25. The molecule has 0 bridgehead atoms. The van der Waals surface area contributed by atoms with Crippen molar-refractivity contribution in [2.45, 2.75) is 6.54 Å². The topological polar surface area (TPSA) is 72.2 Å². The lowest BCUT2D eigenvalue weighted by Crippen LogP contribution is -2.03. The van der Waals surface area contributed by atoms with Crippen molar-refractivity contribution in [3.63, 3.8) is 0 Å². The van der Waals surface area contributed by atoms with Gasteiger partial charge in [0.05, 0.1) is 4.92 Å². The molecule has 2 rings (SSSR count). The van der Waals surface area contributed by atoms with Gasteiger partial charge in [-0.1, -0.05) is 29.3 Å². The van der Waals surface area contributed by atoms with Crippen LogP contribution in [0.3, 0.4) is 0 Å². The van der Waals surface area contributed by atoms with Gasteiger partial charge in [0, 0.05) is 28.2 Å². The number of anilines is 1.